The van der Waals surface area contributed by atoms with Crippen molar-refractivity contribution in [1.82, 2.24) is 4.72 Å². The number of ether oxygens (including phenoxy) is 1. The number of fused-ring (bicyclic) bond motifs is 1. The maximum Gasteiger partial charge on any atom is 0.324 e. The molecule has 3 rings (SSSR count). The highest BCUT2D eigenvalue weighted by molar-refractivity contribution is 7.89. The van der Waals surface area contributed by atoms with E-state index in [4.69, 9.17) is 16.3 Å². The molecule has 0 radical (unpaired) electrons. The van der Waals surface area contributed by atoms with Crippen LogP contribution in [0.25, 0.3) is 10.8 Å². The number of rotatable bonds is 7. The second-order valence-corrected chi connectivity index (χ2v) is 8.63. The lowest BCUT2D eigenvalue weighted by Crippen LogP contribution is -2.40. The molecule has 0 aliphatic heterocycles. The van der Waals surface area contributed by atoms with E-state index in [1.807, 2.05) is 30.3 Å². The minimum Gasteiger partial charge on any atom is -0.454 e. The number of nitrogens with one attached hydrogen (secondary N) is 2. The van der Waals surface area contributed by atoms with E-state index < -0.39 is 34.5 Å². The van der Waals surface area contributed by atoms with Gasteiger partial charge in [-0.15, -0.1) is 0 Å². The van der Waals surface area contributed by atoms with Crippen LogP contribution >= 0.6 is 11.6 Å². The molecule has 30 heavy (non-hydrogen) atoms. The lowest BCUT2D eigenvalue weighted by atomic mass is 10.1. The molecule has 0 fully saturated rings. The second kappa shape index (κ2) is 9.25. The van der Waals surface area contributed by atoms with E-state index in [0.717, 1.165) is 10.8 Å². The van der Waals surface area contributed by atoms with Crippen molar-refractivity contribution in [3.8, 4) is 0 Å². The molecule has 0 saturated heterocycles. The number of carbonyl (C=O) groups is 2. The van der Waals surface area contributed by atoms with Gasteiger partial charge in [-0.05, 0) is 42.6 Å². The summed E-state index contributed by atoms with van der Waals surface area (Å²) in [5.41, 5.74) is 0.589. The molecule has 0 bridgehead atoms. The minimum absolute atomic E-state index is 0.0414. The number of esters is 1. The second-order valence-electron chi connectivity index (χ2n) is 6.48. The molecule has 0 heterocycles. The van der Waals surface area contributed by atoms with Gasteiger partial charge in [-0.2, -0.15) is 4.72 Å². The Bertz CT molecular complexity index is 1170. The normalized spacial score (nSPS) is 12.3. The highest BCUT2D eigenvalue weighted by Gasteiger charge is 2.23. The van der Waals surface area contributed by atoms with Crippen molar-refractivity contribution in [2.24, 2.45) is 0 Å². The van der Waals surface area contributed by atoms with Crippen molar-refractivity contribution < 1.29 is 22.7 Å². The quantitative estimate of drug-likeness (QED) is 0.542. The van der Waals surface area contributed by atoms with Gasteiger partial charge in [0.05, 0.1) is 4.90 Å². The van der Waals surface area contributed by atoms with E-state index in [9.17, 15) is 18.0 Å². The van der Waals surface area contributed by atoms with Gasteiger partial charge < -0.3 is 10.1 Å². The van der Waals surface area contributed by atoms with Crippen molar-refractivity contribution in [1.29, 1.82) is 0 Å². The summed E-state index contributed by atoms with van der Waals surface area (Å²) in [6.45, 7) is 0.785. The summed E-state index contributed by atoms with van der Waals surface area (Å²) >= 11 is 5.75. The number of hydrogen-bond acceptors (Lipinski definition) is 5. The van der Waals surface area contributed by atoms with E-state index in [0.29, 0.717) is 10.7 Å². The first-order chi connectivity index (χ1) is 14.3. The summed E-state index contributed by atoms with van der Waals surface area (Å²) in [5, 5.41) is 4.89. The van der Waals surface area contributed by atoms with Gasteiger partial charge in [0.25, 0.3) is 5.91 Å². The maximum absolute atomic E-state index is 12.3. The van der Waals surface area contributed by atoms with Crippen LogP contribution < -0.4 is 10.0 Å². The molecule has 0 aliphatic carbocycles. The number of amides is 1. The summed E-state index contributed by atoms with van der Waals surface area (Å²) < 4.78 is 31.8. The highest BCUT2D eigenvalue weighted by Crippen LogP contribution is 2.22. The SMILES string of the molecule is C[C@H](NS(=O)(=O)c1ccc(Cl)cc1)C(=O)OCC(=O)Nc1cccc2ccccc12. The summed E-state index contributed by atoms with van der Waals surface area (Å²) in [4.78, 5) is 24.3. The predicted molar refractivity (Wildman–Crippen MR) is 115 cm³/mol. The number of sulfonamides is 1. The fourth-order valence-electron chi connectivity index (χ4n) is 2.75. The molecule has 0 aromatic heterocycles. The fourth-order valence-corrected chi connectivity index (χ4v) is 4.06. The van der Waals surface area contributed by atoms with E-state index in [2.05, 4.69) is 10.0 Å². The molecule has 0 unspecified atom stereocenters. The van der Waals surface area contributed by atoms with E-state index in [-0.39, 0.29) is 4.90 Å². The highest BCUT2D eigenvalue weighted by atomic mass is 35.5. The van der Waals surface area contributed by atoms with Crippen molar-refractivity contribution >= 4 is 50.0 Å². The fraction of sp³-hybridized carbons (Fsp3) is 0.143. The Morgan fingerprint density at radius 2 is 1.67 bits per heavy atom. The Morgan fingerprint density at radius 1 is 1.00 bits per heavy atom. The first kappa shape index (κ1) is 21.8. The molecule has 0 spiro atoms. The van der Waals surface area contributed by atoms with Crippen LogP contribution in [-0.2, 0) is 24.3 Å². The maximum atomic E-state index is 12.3. The van der Waals surface area contributed by atoms with Crippen LogP contribution in [0, 0.1) is 0 Å². The largest absolute Gasteiger partial charge is 0.454 e. The monoisotopic (exact) mass is 446 g/mol. The molecule has 0 saturated carbocycles. The van der Waals surface area contributed by atoms with Crippen molar-refractivity contribution in [3.05, 3.63) is 71.8 Å². The minimum atomic E-state index is -3.94. The molecule has 0 aliphatic rings. The van der Waals surface area contributed by atoms with Gasteiger partial charge >= 0.3 is 5.97 Å². The Labute approximate surface area is 179 Å². The number of carbonyl (C=O) groups excluding carboxylic acids is 2. The predicted octanol–water partition coefficient (Wildman–Crippen LogP) is 3.34. The number of benzene rings is 3. The molecule has 7 nitrogen and oxygen atoms in total. The van der Waals surface area contributed by atoms with Crippen LogP contribution in [0.5, 0.6) is 0 Å². The van der Waals surface area contributed by atoms with E-state index >= 15 is 0 Å². The third kappa shape index (κ3) is 5.35. The van der Waals surface area contributed by atoms with Crippen molar-refractivity contribution in [2.45, 2.75) is 17.9 Å². The lowest BCUT2D eigenvalue weighted by molar-refractivity contribution is -0.148. The van der Waals surface area contributed by atoms with Crippen molar-refractivity contribution in [2.75, 3.05) is 11.9 Å². The van der Waals surface area contributed by atoms with Crippen LogP contribution in [0.15, 0.2) is 71.6 Å². The van der Waals surface area contributed by atoms with Gasteiger partial charge in [0.15, 0.2) is 6.61 Å². The average Bonchev–Trinajstić information content (AvgIpc) is 2.72. The smallest absolute Gasteiger partial charge is 0.324 e. The van der Waals surface area contributed by atoms with Crippen LogP contribution in [0.4, 0.5) is 5.69 Å². The van der Waals surface area contributed by atoms with Gasteiger partial charge in [0, 0.05) is 16.1 Å². The Morgan fingerprint density at radius 3 is 2.40 bits per heavy atom. The van der Waals surface area contributed by atoms with Crippen molar-refractivity contribution in [3.63, 3.8) is 0 Å². The van der Waals surface area contributed by atoms with Gasteiger partial charge in [0.1, 0.15) is 6.04 Å². The van der Waals surface area contributed by atoms with Crippen LogP contribution in [0.3, 0.4) is 0 Å². The zero-order valence-corrected chi connectivity index (χ0v) is 17.5. The number of halogens is 1. The topological polar surface area (TPSA) is 102 Å². The summed E-state index contributed by atoms with van der Waals surface area (Å²) in [7, 11) is -3.94. The van der Waals surface area contributed by atoms with Gasteiger partial charge in [-0.1, -0.05) is 48.0 Å². The van der Waals surface area contributed by atoms with Crippen LogP contribution in [0.2, 0.25) is 5.02 Å². The zero-order valence-electron chi connectivity index (χ0n) is 16.0. The Kier molecular flexibility index (Phi) is 6.71. The summed E-state index contributed by atoms with van der Waals surface area (Å²) in [5.74, 6) is -1.41. The molecule has 9 heteroatoms. The molecule has 156 valence electrons. The average molecular weight is 447 g/mol. The molecular formula is C21H19ClN2O5S. The molecule has 2 N–H and O–H groups in total. The molecule has 1 atom stereocenters. The Balaban J connectivity index is 1.56. The standard InChI is InChI=1S/C21H19ClN2O5S/c1-14(24-30(27,28)17-11-9-16(22)10-12-17)21(26)29-13-20(25)23-19-8-4-6-15-5-2-3-7-18(15)19/h2-12,14,24H,13H2,1H3,(H,23,25)/t14-/m0/s1. The third-order valence-corrected chi connectivity index (χ3v) is 6.03. The summed E-state index contributed by atoms with van der Waals surface area (Å²) in [6, 6.07) is 17.3. The molecule has 1 amide bonds. The van der Waals surface area contributed by atoms with Crippen LogP contribution in [-0.4, -0.2) is 32.9 Å². The van der Waals surface area contributed by atoms with E-state index in [1.54, 1.807) is 12.1 Å². The first-order valence-electron chi connectivity index (χ1n) is 8.98. The third-order valence-electron chi connectivity index (χ3n) is 4.22. The first-order valence-corrected chi connectivity index (χ1v) is 10.8. The molecule has 3 aromatic rings. The van der Waals surface area contributed by atoms with Gasteiger partial charge in [-0.3, -0.25) is 9.59 Å². The summed E-state index contributed by atoms with van der Waals surface area (Å²) in [6.07, 6.45) is 0. The van der Waals surface area contributed by atoms with Gasteiger partial charge in [-0.25, -0.2) is 8.42 Å². The Hall–Kier alpha value is -2.94. The number of anilines is 1. The van der Waals surface area contributed by atoms with E-state index in [1.165, 1.54) is 31.2 Å². The molecule has 3 aromatic carbocycles. The lowest BCUT2D eigenvalue weighted by Gasteiger charge is -2.14. The zero-order chi connectivity index (χ0) is 21.7. The molecular weight excluding hydrogens is 428 g/mol. The van der Waals surface area contributed by atoms with Crippen LogP contribution in [0.1, 0.15) is 6.92 Å². The number of hydrogen-bond donors (Lipinski definition) is 2. The van der Waals surface area contributed by atoms with Gasteiger partial charge in [0.2, 0.25) is 10.0 Å².